The Morgan fingerprint density at radius 1 is 1.38 bits per heavy atom. The number of benzene rings is 1. The number of aromatic amines is 1. The first-order valence-electron chi connectivity index (χ1n) is 6.33. The number of hydrogen-bond acceptors (Lipinski definition) is 5. The molecule has 110 valence electrons. The lowest BCUT2D eigenvalue weighted by molar-refractivity contribution is -0.142. The van der Waals surface area contributed by atoms with E-state index in [0.29, 0.717) is 6.42 Å². The summed E-state index contributed by atoms with van der Waals surface area (Å²) in [6.45, 7) is 0. The number of carbonyl (C=O) groups is 2. The second-order valence-corrected chi connectivity index (χ2v) is 4.45. The van der Waals surface area contributed by atoms with Gasteiger partial charge in [-0.3, -0.25) is 9.89 Å². The molecule has 0 bridgehead atoms. The molecule has 0 aliphatic heterocycles. The van der Waals surface area contributed by atoms with Crippen molar-refractivity contribution in [2.24, 2.45) is 0 Å². The van der Waals surface area contributed by atoms with Gasteiger partial charge in [-0.1, -0.05) is 30.3 Å². The summed E-state index contributed by atoms with van der Waals surface area (Å²) in [5.41, 5.74) is 6.55. The Morgan fingerprint density at radius 2 is 2.10 bits per heavy atom. The number of methoxy groups -OCH3 is 1. The zero-order chi connectivity index (χ0) is 15.2. The Morgan fingerprint density at radius 3 is 2.67 bits per heavy atom. The highest BCUT2D eigenvalue weighted by atomic mass is 16.5. The zero-order valence-corrected chi connectivity index (χ0v) is 11.5. The molecule has 21 heavy (non-hydrogen) atoms. The molecule has 0 saturated carbocycles. The van der Waals surface area contributed by atoms with Crippen LogP contribution in [0.5, 0.6) is 0 Å². The quantitative estimate of drug-likeness (QED) is 0.694. The Hall–Kier alpha value is -2.83. The maximum Gasteiger partial charge on any atom is 0.328 e. The van der Waals surface area contributed by atoms with Gasteiger partial charge in [-0.15, -0.1) is 0 Å². The van der Waals surface area contributed by atoms with Gasteiger partial charge in [0.05, 0.1) is 7.11 Å². The van der Waals surface area contributed by atoms with Gasteiger partial charge >= 0.3 is 5.97 Å². The highest BCUT2D eigenvalue weighted by molar-refractivity contribution is 5.95. The Kier molecular flexibility index (Phi) is 4.55. The van der Waals surface area contributed by atoms with Crippen LogP contribution >= 0.6 is 0 Å². The summed E-state index contributed by atoms with van der Waals surface area (Å²) in [6.07, 6.45) is 0.336. The van der Waals surface area contributed by atoms with Crippen molar-refractivity contribution in [3.8, 4) is 0 Å². The van der Waals surface area contributed by atoms with E-state index in [4.69, 9.17) is 10.5 Å². The van der Waals surface area contributed by atoms with Gasteiger partial charge < -0.3 is 15.8 Å². The number of carbonyl (C=O) groups excluding carboxylic acids is 2. The fourth-order valence-electron chi connectivity index (χ4n) is 1.87. The molecule has 0 saturated heterocycles. The van der Waals surface area contributed by atoms with Crippen LogP contribution in [0.1, 0.15) is 16.1 Å². The second-order valence-electron chi connectivity index (χ2n) is 4.45. The summed E-state index contributed by atoms with van der Waals surface area (Å²) in [4.78, 5) is 23.8. The van der Waals surface area contributed by atoms with Crippen molar-refractivity contribution in [1.82, 2.24) is 15.5 Å². The second kappa shape index (κ2) is 6.56. The monoisotopic (exact) mass is 288 g/mol. The van der Waals surface area contributed by atoms with E-state index in [2.05, 4.69) is 15.5 Å². The molecular formula is C14H16N4O3. The maximum absolute atomic E-state index is 12.0. The Labute approximate surface area is 121 Å². The van der Waals surface area contributed by atoms with E-state index >= 15 is 0 Å². The van der Waals surface area contributed by atoms with E-state index in [1.807, 2.05) is 30.3 Å². The number of nitrogens with one attached hydrogen (secondary N) is 2. The normalized spacial score (nSPS) is 11.7. The van der Waals surface area contributed by atoms with Crippen molar-refractivity contribution in [2.75, 3.05) is 12.8 Å². The van der Waals surface area contributed by atoms with Gasteiger partial charge in [-0.25, -0.2) is 4.79 Å². The van der Waals surface area contributed by atoms with Gasteiger partial charge in [0, 0.05) is 12.5 Å². The highest BCUT2D eigenvalue weighted by Crippen LogP contribution is 2.06. The topological polar surface area (TPSA) is 110 Å². The molecule has 0 radical (unpaired) electrons. The molecule has 0 spiro atoms. The number of anilines is 1. The fourth-order valence-corrected chi connectivity index (χ4v) is 1.87. The molecule has 0 aliphatic carbocycles. The average Bonchev–Trinajstić information content (AvgIpc) is 2.93. The molecule has 7 heteroatoms. The van der Waals surface area contributed by atoms with E-state index < -0.39 is 17.9 Å². The van der Waals surface area contributed by atoms with Crippen LogP contribution in [0.2, 0.25) is 0 Å². The number of nitrogen functional groups attached to an aromatic ring is 1. The number of aromatic nitrogens is 2. The van der Waals surface area contributed by atoms with Gasteiger partial charge in [0.25, 0.3) is 5.91 Å². The van der Waals surface area contributed by atoms with E-state index in [1.54, 1.807) is 0 Å². The van der Waals surface area contributed by atoms with Crippen LogP contribution < -0.4 is 11.1 Å². The van der Waals surface area contributed by atoms with Crippen LogP contribution in [0.3, 0.4) is 0 Å². The highest BCUT2D eigenvalue weighted by Gasteiger charge is 2.23. The molecule has 2 rings (SSSR count). The van der Waals surface area contributed by atoms with Gasteiger partial charge in [0.1, 0.15) is 17.6 Å². The number of nitrogens with two attached hydrogens (primary N) is 1. The van der Waals surface area contributed by atoms with Crippen LogP contribution in [0.4, 0.5) is 5.82 Å². The Bertz CT molecular complexity index is 624. The molecule has 0 fully saturated rings. The van der Waals surface area contributed by atoms with Crippen LogP contribution in [0.25, 0.3) is 0 Å². The predicted octanol–water partition coefficient (Wildman–Crippen LogP) is 0.506. The minimum absolute atomic E-state index is 0.189. The van der Waals surface area contributed by atoms with Crippen molar-refractivity contribution >= 4 is 17.7 Å². The molecule has 2 aromatic rings. The van der Waals surface area contributed by atoms with Crippen molar-refractivity contribution in [2.45, 2.75) is 12.5 Å². The first-order valence-corrected chi connectivity index (χ1v) is 6.33. The van der Waals surface area contributed by atoms with Gasteiger partial charge in [-0.05, 0) is 5.56 Å². The Balaban J connectivity index is 2.09. The van der Waals surface area contributed by atoms with Crippen molar-refractivity contribution in [3.05, 3.63) is 47.7 Å². The molecule has 1 unspecified atom stereocenters. The first kappa shape index (κ1) is 14.6. The number of rotatable bonds is 5. The van der Waals surface area contributed by atoms with E-state index in [9.17, 15) is 9.59 Å². The van der Waals surface area contributed by atoms with Gasteiger partial charge in [0.2, 0.25) is 0 Å². The largest absolute Gasteiger partial charge is 0.467 e. The predicted molar refractivity (Wildman–Crippen MR) is 76.4 cm³/mol. The fraction of sp³-hybridized carbons (Fsp3) is 0.214. The van der Waals surface area contributed by atoms with Crippen molar-refractivity contribution < 1.29 is 14.3 Å². The maximum atomic E-state index is 12.0. The van der Waals surface area contributed by atoms with Gasteiger partial charge in [-0.2, -0.15) is 5.10 Å². The number of H-pyrrole nitrogens is 1. The average molecular weight is 288 g/mol. The number of nitrogens with zero attached hydrogens (tertiary/aromatic N) is 1. The molecule has 1 aromatic carbocycles. The summed E-state index contributed by atoms with van der Waals surface area (Å²) >= 11 is 0. The third-order valence-corrected chi connectivity index (χ3v) is 2.92. The van der Waals surface area contributed by atoms with Crippen molar-refractivity contribution in [3.63, 3.8) is 0 Å². The lowest BCUT2D eigenvalue weighted by Crippen LogP contribution is -2.43. The molecule has 0 aliphatic rings. The number of hydrogen-bond donors (Lipinski definition) is 3. The lowest BCUT2D eigenvalue weighted by atomic mass is 10.1. The molecule has 1 amide bonds. The molecule has 7 nitrogen and oxygen atoms in total. The molecule has 1 heterocycles. The van der Waals surface area contributed by atoms with Crippen LogP contribution in [-0.4, -0.2) is 35.2 Å². The van der Waals surface area contributed by atoms with Crippen LogP contribution in [0.15, 0.2) is 36.4 Å². The molecule has 4 N–H and O–H groups in total. The molecular weight excluding hydrogens is 272 g/mol. The third kappa shape index (κ3) is 3.82. The first-order chi connectivity index (χ1) is 10.1. The smallest absolute Gasteiger partial charge is 0.328 e. The SMILES string of the molecule is COC(=O)C(Cc1ccccc1)NC(=O)c1cc(N)n[nH]1. The third-order valence-electron chi connectivity index (χ3n) is 2.92. The molecule has 1 aromatic heterocycles. The summed E-state index contributed by atoms with van der Waals surface area (Å²) in [5, 5.41) is 8.77. The summed E-state index contributed by atoms with van der Waals surface area (Å²) in [5.74, 6) is -0.775. The molecule has 1 atom stereocenters. The van der Waals surface area contributed by atoms with E-state index in [0.717, 1.165) is 5.56 Å². The van der Waals surface area contributed by atoms with Crippen LogP contribution in [-0.2, 0) is 16.0 Å². The minimum Gasteiger partial charge on any atom is -0.467 e. The summed E-state index contributed by atoms with van der Waals surface area (Å²) < 4.78 is 4.72. The number of esters is 1. The number of amides is 1. The standard InChI is InChI=1S/C14H16N4O3/c1-21-14(20)11(7-9-5-3-2-4-6-9)16-13(19)10-8-12(15)18-17-10/h2-6,8,11H,7H2,1H3,(H,16,19)(H3,15,17,18). The van der Waals surface area contributed by atoms with E-state index in [1.165, 1.54) is 13.2 Å². The van der Waals surface area contributed by atoms with Crippen LogP contribution in [0, 0.1) is 0 Å². The van der Waals surface area contributed by atoms with Crippen molar-refractivity contribution in [1.29, 1.82) is 0 Å². The van der Waals surface area contributed by atoms with E-state index in [-0.39, 0.29) is 11.5 Å². The summed E-state index contributed by atoms with van der Waals surface area (Å²) in [6, 6.07) is 9.96. The van der Waals surface area contributed by atoms with Gasteiger partial charge in [0.15, 0.2) is 0 Å². The minimum atomic E-state index is -0.783. The number of ether oxygens (including phenoxy) is 1. The summed E-state index contributed by atoms with van der Waals surface area (Å²) in [7, 11) is 1.28. The lowest BCUT2D eigenvalue weighted by Gasteiger charge is -2.16. The zero-order valence-electron chi connectivity index (χ0n) is 11.5.